The molecular weight excluding hydrogens is 239 g/mol. The quantitative estimate of drug-likeness (QED) is 0.850. The second-order valence-corrected chi connectivity index (χ2v) is 5.41. The minimum atomic E-state index is -0.376. The molecule has 1 aromatic carbocycles. The van der Waals surface area contributed by atoms with E-state index in [1.54, 1.807) is 12.1 Å². The maximum absolute atomic E-state index is 13.0. The van der Waals surface area contributed by atoms with Gasteiger partial charge >= 0.3 is 0 Å². The average molecular weight is 257 g/mol. The van der Waals surface area contributed by atoms with E-state index in [4.69, 9.17) is 17.3 Å². The van der Waals surface area contributed by atoms with E-state index in [0.717, 1.165) is 5.56 Å². The zero-order valence-electron chi connectivity index (χ0n) is 9.97. The zero-order chi connectivity index (χ0) is 12.5. The van der Waals surface area contributed by atoms with Crippen molar-refractivity contribution in [3.63, 3.8) is 0 Å². The number of rotatable bonds is 5. The number of nitrogens with one attached hydrogen (secondary N) is 1. The molecule has 1 saturated carbocycles. The van der Waals surface area contributed by atoms with Gasteiger partial charge in [-0.25, -0.2) is 4.39 Å². The van der Waals surface area contributed by atoms with Gasteiger partial charge in [0.25, 0.3) is 0 Å². The third kappa shape index (κ3) is 2.97. The van der Waals surface area contributed by atoms with Crippen molar-refractivity contribution in [2.45, 2.75) is 31.8 Å². The fourth-order valence-electron chi connectivity index (χ4n) is 2.06. The molecule has 1 aliphatic rings. The zero-order valence-corrected chi connectivity index (χ0v) is 10.7. The minimum Gasteiger partial charge on any atom is -0.329 e. The molecule has 4 heteroatoms. The number of halogens is 2. The number of hydrogen-bond donors (Lipinski definition) is 2. The van der Waals surface area contributed by atoms with Crippen LogP contribution in [0.25, 0.3) is 0 Å². The van der Waals surface area contributed by atoms with Crippen LogP contribution in [0.2, 0.25) is 5.02 Å². The fourth-order valence-corrected chi connectivity index (χ4v) is 2.26. The van der Waals surface area contributed by atoms with Gasteiger partial charge in [-0.15, -0.1) is 0 Å². The van der Waals surface area contributed by atoms with Crippen molar-refractivity contribution in [2.24, 2.45) is 11.7 Å². The van der Waals surface area contributed by atoms with Gasteiger partial charge in [0.05, 0.1) is 5.02 Å². The monoisotopic (exact) mass is 256 g/mol. The molecule has 0 saturated heterocycles. The van der Waals surface area contributed by atoms with Crippen molar-refractivity contribution < 1.29 is 4.39 Å². The molecule has 1 aromatic rings. The lowest BCUT2D eigenvalue weighted by Gasteiger charge is -2.29. The fraction of sp³-hybridized carbons (Fsp3) is 0.538. The van der Waals surface area contributed by atoms with E-state index < -0.39 is 0 Å². The van der Waals surface area contributed by atoms with Crippen molar-refractivity contribution in [3.05, 3.63) is 34.6 Å². The summed E-state index contributed by atoms with van der Waals surface area (Å²) in [6.07, 6.45) is 2.48. The Hall–Kier alpha value is -0.640. The second kappa shape index (κ2) is 4.92. The average Bonchev–Trinajstić information content (AvgIpc) is 3.14. The molecule has 1 fully saturated rings. The van der Waals surface area contributed by atoms with Gasteiger partial charge in [-0.1, -0.05) is 17.7 Å². The van der Waals surface area contributed by atoms with Crippen LogP contribution in [0.1, 0.15) is 25.3 Å². The molecule has 0 heterocycles. The van der Waals surface area contributed by atoms with Gasteiger partial charge in [-0.3, -0.25) is 0 Å². The molecule has 94 valence electrons. The Morgan fingerprint density at radius 2 is 2.24 bits per heavy atom. The van der Waals surface area contributed by atoms with Gasteiger partial charge in [-0.2, -0.15) is 0 Å². The molecule has 2 rings (SSSR count). The van der Waals surface area contributed by atoms with Crippen LogP contribution in [-0.2, 0) is 6.54 Å². The lowest BCUT2D eigenvalue weighted by molar-refractivity contribution is 0.317. The van der Waals surface area contributed by atoms with Crippen LogP contribution in [0.15, 0.2) is 18.2 Å². The first-order valence-corrected chi connectivity index (χ1v) is 6.32. The molecule has 0 aliphatic heterocycles. The maximum atomic E-state index is 13.0. The molecule has 1 aliphatic carbocycles. The molecule has 0 spiro atoms. The highest BCUT2D eigenvalue weighted by molar-refractivity contribution is 6.30. The van der Waals surface area contributed by atoms with Gasteiger partial charge < -0.3 is 11.1 Å². The van der Waals surface area contributed by atoms with Crippen LogP contribution in [0.5, 0.6) is 0 Å². The summed E-state index contributed by atoms with van der Waals surface area (Å²) in [5, 5.41) is 3.64. The number of hydrogen-bond acceptors (Lipinski definition) is 2. The first-order chi connectivity index (χ1) is 8.05. The van der Waals surface area contributed by atoms with Gasteiger partial charge in [0, 0.05) is 18.6 Å². The standard InChI is InChI=1S/C13H18ClFN2/c1-13(8-16,10-3-4-10)17-7-9-2-5-12(15)11(14)6-9/h2,5-6,10,17H,3-4,7-8,16H2,1H3. The highest BCUT2D eigenvalue weighted by atomic mass is 35.5. The van der Waals surface area contributed by atoms with Crippen LogP contribution in [-0.4, -0.2) is 12.1 Å². The van der Waals surface area contributed by atoms with Crippen molar-refractivity contribution in [1.29, 1.82) is 0 Å². The van der Waals surface area contributed by atoms with E-state index >= 15 is 0 Å². The highest BCUT2D eigenvalue weighted by Crippen LogP contribution is 2.39. The van der Waals surface area contributed by atoms with Crippen molar-refractivity contribution in [3.8, 4) is 0 Å². The Morgan fingerprint density at radius 1 is 1.53 bits per heavy atom. The Morgan fingerprint density at radius 3 is 2.76 bits per heavy atom. The summed E-state index contributed by atoms with van der Waals surface area (Å²) in [5.41, 5.74) is 6.79. The van der Waals surface area contributed by atoms with Crippen LogP contribution >= 0.6 is 11.6 Å². The summed E-state index contributed by atoms with van der Waals surface area (Å²) in [6.45, 7) is 3.44. The third-order valence-electron chi connectivity index (χ3n) is 3.58. The molecule has 17 heavy (non-hydrogen) atoms. The molecule has 1 atom stereocenters. The molecule has 3 N–H and O–H groups in total. The van der Waals surface area contributed by atoms with Gasteiger partial charge in [0.1, 0.15) is 5.82 Å². The Kier molecular flexibility index (Phi) is 3.71. The third-order valence-corrected chi connectivity index (χ3v) is 3.87. The van der Waals surface area contributed by atoms with E-state index in [1.807, 2.05) is 0 Å². The summed E-state index contributed by atoms with van der Waals surface area (Å²) < 4.78 is 13.0. The molecule has 1 unspecified atom stereocenters. The van der Waals surface area contributed by atoms with Gasteiger partial charge in [-0.05, 0) is 43.4 Å². The Labute approximate surface area is 106 Å². The van der Waals surface area contributed by atoms with E-state index in [2.05, 4.69) is 12.2 Å². The van der Waals surface area contributed by atoms with Gasteiger partial charge in [0.2, 0.25) is 0 Å². The smallest absolute Gasteiger partial charge is 0.141 e. The van der Waals surface area contributed by atoms with Crippen LogP contribution < -0.4 is 11.1 Å². The molecular formula is C13H18ClFN2. The van der Waals surface area contributed by atoms with E-state index in [9.17, 15) is 4.39 Å². The lowest BCUT2D eigenvalue weighted by Crippen LogP contribution is -2.50. The lowest BCUT2D eigenvalue weighted by atomic mass is 9.95. The first-order valence-electron chi connectivity index (χ1n) is 5.94. The molecule has 0 radical (unpaired) electrons. The summed E-state index contributed by atoms with van der Waals surface area (Å²) >= 11 is 5.75. The summed E-state index contributed by atoms with van der Waals surface area (Å²) in [4.78, 5) is 0. The number of nitrogens with two attached hydrogens (primary N) is 1. The Balaban J connectivity index is 1.98. The van der Waals surface area contributed by atoms with E-state index in [-0.39, 0.29) is 16.4 Å². The van der Waals surface area contributed by atoms with E-state index in [1.165, 1.54) is 18.9 Å². The van der Waals surface area contributed by atoms with Crippen molar-refractivity contribution in [2.75, 3.05) is 6.54 Å². The van der Waals surface area contributed by atoms with Crippen molar-refractivity contribution >= 4 is 11.6 Å². The van der Waals surface area contributed by atoms with Crippen molar-refractivity contribution in [1.82, 2.24) is 5.32 Å². The van der Waals surface area contributed by atoms with Crippen LogP contribution in [0.4, 0.5) is 4.39 Å². The molecule has 0 aromatic heterocycles. The van der Waals surface area contributed by atoms with Crippen LogP contribution in [0, 0.1) is 11.7 Å². The Bertz CT molecular complexity index is 406. The molecule has 0 bridgehead atoms. The summed E-state index contributed by atoms with van der Waals surface area (Å²) in [7, 11) is 0. The van der Waals surface area contributed by atoms with Crippen LogP contribution in [0.3, 0.4) is 0 Å². The molecule has 2 nitrogen and oxygen atoms in total. The topological polar surface area (TPSA) is 38.0 Å². The SMILES string of the molecule is CC(CN)(NCc1ccc(F)c(Cl)c1)C1CC1. The highest BCUT2D eigenvalue weighted by Gasteiger charge is 2.39. The number of benzene rings is 1. The normalized spacial score (nSPS) is 19.1. The summed E-state index contributed by atoms with van der Waals surface area (Å²) in [5.74, 6) is 0.294. The first kappa shape index (κ1) is 12.8. The second-order valence-electron chi connectivity index (χ2n) is 5.00. The van der Waals surface area contributed by atoms with E-state index in [0.29, 0.717) is 19.0 Å². The molecule has 0 amide bonds. The largest absolute Gasteiger partial charge is 0.329 e. The summed E-state index contributed by atoms with van der Waals surface area (Å²) in [6, 6.07) is 4.81. The predicted octanol–water partition coefficient (Wildman–Crippen LogP) is 2.70. The maximum Gasteiger partial charge on any atom is 0.141 e. The predicted molar refractivity (Wildman–Crippen MR) is 68.4 cm³/mol. The minimum absolute atomic E-state index is 0.0130. The van der Waals surface area contributed by atoms with Gasteiger partial charge in [0.15, 0.2) is 0 Å².